The molecular weight excluding hydrogens is 855 g/mol. The predicted molar refractivity (Wildman–Crippen MR) is 312 cm³/mol. The molecule has 0 aromatic heterocycles. The molecule has 0 spiro atoms. The van der Waals surface area contributed by atoms with Gasteiger partial charge in [0.2, 0.25) is 0 Å². The molecule has 0 aliphatic heterocycles. The summed E-state index contributed by atoms with van der Waals surface area (Å²) in [6.45, 7) is 24.7. The zero-order valence-corrected chi connectivity index (χ0v) is 47.8. The van der Waals surface area contributed by atoms with Gasteiger partial charge in [-0.25, -0.2) is 0 Å². The monoisotopic (exact) mass is 955 g/mol. The van der Waals surface area contributed by atoms with Gasteiger partial charge in [0.25, 0.3) is 0 Å². The summed E-state index contributed by atoms with van der Waals surface area (Å²) in [6.07, 6.45) is 29.1. The van der Waals surface area contributed by atoms with Gasteiger partial charge < -0.3 is 0 Å². The van der Waals surface area contributed by atoms with Crippen molar-refractivity contribution in [1.82, 2.24) is 0 Å². The molecule has 4 fully saturated rings. The first-order valence-corrected chi connectivity index (χ1v) is 34.6. The second kappa shape index (κ2) is 22.7. The van der Waals surface area contributed by atoms with E-state index >= 15 is 0 Å². The number of hydrogen-bond acceptors (Lipinski definition) is 0. The average molecular weight is 955 g/mol. The van der Waals surface area contributed by atoms with Crippen molar-refractivity contribution in [1.29, 1.82) is 0 Å². The maximum atomic E-state index is 2.92. The molecule has 0 radical (unpaired) electrons. The van der Waals surface area contributed by atoms with E-state index in [0.29, 0.717) is 35.5 Å². The predicted octanol–water partition coefficient (Wildman–Crippen LogP) is 20.5. The Bertz CT molecular complexity index is 2010. The van der Waals surface area contributed by atoms with E-state index in [-0.39, 0.29) is 0 Å². The molecule has 0 atom stereocenters. The molecule has 4 aromatic carbocycles. The van der Waals surface area contributed by atoms with Gasteiger partial charge in [-0.05, 0) is 0 Å². The fraction of sp³-hybridized carbons (Fsp3) is 0.636. The van der Waals surface area contributed by atoms with Crippen LogP contribution in [0.15, 0.2) is 72.8 Å². The normalized spacial score (nSPS) is 19.6. The van der Waals surface area contributed by atoms with E-state index in [2.05, 4.69) is 156 Å². The summed E-state index contributed by atoms with van der Waals surface area (Å²) in [4.78, 5) is 0. The van der Waals surface area contributed by atoms with Gasteiger partial charge in [0.15, 0.2) is 0 Å². The standard InChI is InChI=1S/C66H100P2/c1-45(2)51-41-59(47(5)6)65(60(42-51)48(7)8)57-37-25-27-39-63(57)67(53-29-17-13-18-30-53,54-31-19-14-20-32-54)68(55-33-21-15-22-34-55,56-35-23-16-24-36-56)64-40-28-26-38-58(64)66-61(49(9)10)43-52(46(3)4)44-62(66)50(11)12/h25-28,37-50,53-56,67-68H,13-24,29-36H2,1-12H3. The van der Waals surface area contributed by atoms with E-state index in [9.17, 15) is 0 Å². The Morgan fingerprint density at radius 2 is 0.544 bits per heavy atom. The zero-order chi connectivity index (χ0) is 48.3. The Balaban J connectivity index is 1.63. The van der Waals surface area contributed by atoms with Crippen molar-refractivity contribution < 1.29 is 0 Å². The fourth-order valence-electron chi connectivity index (χ4n) is 16.2. The minimum absolute atomic E-state index is 0.465. The minimum atomic E-state index is -2.59. The molecule has 0 bridgehead atoms. The van der Waals surface area contributed by atoms with E-state index in [1.165, 1.54) is 140 Å². The number of rotatable bonds is 15. The van der Waals surface area contributed by atoms with Gasteiger partial charge >= 0.3 is 423 Å². The van der Waals surface area contributed by atoms with Crippen molar-refractivity contribution >= 4 is 24.5 Å². The first-order valence-electron chi connectivity index (χ1n) is 29.3. The molecule has 374 valence electrons. The van der Waals surface area contributed by atoms with Gasteiger partial charge in [-0.1, -0.05) is 0 Å². The Morgan fingerprint density at radius 1 is 0.309 bits per heavy atom. The van der Waals surface area contributed by atoms with Crippen LogP contribution in [0.2, 0.25) is 0 Å². The molecule has 0 unspecified atom stereocenters. The first kappa shape index (κ1) is 52.1. The van der Waals surface area contributed by atoms with Crippen molar-refractivity contribution in [3.05, 3.63) is 106 Å². The van der Waals surface area contributed by atoms with Crippen LogP contribution >= 0.6 is 13.9 Å². The van der Waals surface area contributed by atoms with Gasteiger partial charge in [0, 0.05) is 0 Å². The molecule has 0 heterocycles. The van der Waals surface area contributed by atoms with Gasteiger partial charge in [-0.3, -0.25) is 0 Å². The van der Waals surface area contributed by atoms with Crippen LogP contribution in [0.3, 0.4) is 0 Å². The summed E-state index contributed by atoms with van der Waals surface area (Å²) in [5, 5.41) is 3.97. The maximum absolute atomic E-state index is 2.92. The molecule has 4 aliphatic carbocycles. The molecule has 4 aromatic rings. The average Bonchev–Trinajstić information content (AvgIpc) is 3.35. The third-order valence-electron chi connectivity index (χ3n) is 19.2. The summed E-state index contributed by atoms with van der Waals surface area (Å²) in [7, 11) is 0. The molecular formula is C66H100P2. The van der Waals surface area contributed by atoms with Crippen LogP contribution in [0, 0.1) is 0 Å². The van der Waals surface area contributed by atoms with Crippen LogP contribution in [0.5, 0.6) is 0 Å². The molecule has 68 heavy (non-hydrogen) atoms. The number of hydrogen-bond donors (Lipinski definition) is 0. The van der Waals surface area contributed by atoms with Gasteiger partial charge in [-0.2, -0.15) is 0 Å². The zero-order valence-electron chi connectivity index (χ0n) is 45.8. The third kappa shape index (κ3) is 9.71. The van der Waals surface area contributed by atoms with Gasteiger partial charge in [0.05, 0.1) is 0 Å². The Morgan fingerprint density at radius 3 is 0.765 bits per heavy atom. The van der Waals surface area contributed by atoms with Gasteiger partial charge in [-0.15, -0.1) is 0 Å². The van der Waals surface area contributed by atoms with Crippen LogP contribution in [-0.4, -0.2) is 22.6 Å². The SMILES string of the molecule is CC(C)c1cc(C(C)C)c(-c2ccccc2[PH](C2CCCCC2)(C2CCCCC2)[PH](c2ccccc2-c2c(C(C)C)cc(C(C)C)cc2C(C)C)(C2CCCCC2)C2CCCCC2)c(C(C)C)c1. The summed E-state index contributed by atoms with van der Waals surface area (Å²) < 4.78 is 0. The van der Waals surface area contributed by atoms with Crippen molar-refractivity contribution in [3.63, 3.8) is 0 Å². The van der Waals surface area contributed by atoms with E-state index in [1.54, 1.807) is 44.5 Å². The van der Waals surface area contributed by atoms with Crippen LogP contribution < -0.4 is 10.6 Å². The second-order valence-electron chi connectivity index (χ2n) is 25.2. The summed E-state index contributed by atoms with van der Waals surface area (Å²) in [5.41, 5.74) is 19.7. The van der Waals surface area contributed by atoms with E-state index in [0.717, 1.165) is 22.6 Å². The molecule has 0 N–H and O–H groups in total. The van der Waals surface area contributed by atoms with Crippen molar-refractivity contribution in [2.45, 2.75) is 270 Å². The van der Waals surface area contributed by atoms with E-state index in [1.807, 2.05) is 10.6 Å². The van der Waals surface area contributed by atoms with Crippen molar-refractivity contribution in [2.75, 3.05) is 0 Å². The molecule has 8 rings (SSSR count). The molecule has 4 aliphatic rings. The molecule has 4 saturated carbocycles. The number of benzene rings is 4. The van der Waals surface area contributed by atoms with Crippen molar-refractivity contribution in [2.24, 2.45) is 0 Å². The Kier molecular flexibility index (Phi) is 17.4. The topological polar surface area (TPSA) is 0 Å². The molecule has 0 amide bonds. The first-order chi connectivity index (χ1) is 32.7. The molecule has 0 saturated heterocycles. The summed E-state index contributed by atoms with van der Waals surface area (Å²) in [6, 6.07) is 32.3. The summed E-state index contributed by atoms with van der Waals surface area (Å²) in [5.74, 6) is 2.89. The third-order valence-corrected chi connectivity index (χ3v) is 41.3. The van der Waals surface area contributed by atoms with Crippen LogP contribution in [0.25, 0.3) is 22.3 Å². The Hall–Kier alpha value is -2.26. The quantitative estimate of drug-likeness (QED) is 0.104. The molecule has 2 heteroatoms. The van der Waals surface area contributed by atoms with Crippen LogP contribution in [0.1, 0.15) is 280 Å². The van der Waals surface area contributed by atoms with Gasteiger partial charge in [0.1, 0.15) is 0 Å². The second-order valence-corrected chi connectivity index (χ2v) is 38.0. The van der Waals surface area contributed by atoms with Crippen LogP contribution in [-0.2, 0) is 0 Å². The fourth-order valence-corrected chi connectivity index (χ4v) is 45.8. The van der Waals surface area contributed by atoms with Crippen molar-refractivity contribution in [3.8, 4) is 22.3 Å². The van der Waals surface area contributed by atoms with Crippen LogP contribution in [0.4, 0.5) is 0 Å². The summed E-state index contributed by atoms with van der Waals surface area (Å²) >= 11 is 0. The van der Waals surface area contributed by atoms with E-state index in [4.69, 9.17) is 0 Å². The van der Waals surface area contributed by atoms with E-state index < -0.39 is 13.9 Å². The Labute approximate surface area is 420 Å². The molecule has 0 nitrogen and oxygen atoms in total.